The van der Waals surface area contributed by atoms with Gasteiger partial charge in [0.2, 0.25) is 5.91 Å². The van der Waals surface area contributed by atoms with E-state index in [-0.39, 0.29) is 5.91 Å². The van der Waals surface area contributed by atoms with Crippen LogP contribution in [0.4, 0.5) is 0 Å². The highest BCUT2D eigenvalue weighted by Gasteiger charge is 2.22. The minimum atomic E-state index is -0.420. The number of carbonyl (C=O) groups is 1. The van der Waals surface area contributed by atoms with Crippen LogP contribution in [0.1, 0.15) is 17.2 Å². The van der Waals surface area contributed by atoms with E-state index in [0.717, 1.165) is 23.3 Å². The smallest absolute Gasteiger partial charge is 0.239 e. The molecular weight excluding hydrogens is 276 g/mol. The van der Waals surface area contributed by atoms with Gasteiger partial charge < -0.3 is 10.5 Å². The van der Waals surface area contributed by atoms with Gasteiger partial charge in [0.05, 0.1) is 7.11 Å². The van der Waals surface area contributed by atoms with Gasteiger partial charge in [0, 0.05) is 6.54 Å². The van der Waals surface area contributed by atoms with Gasteiger partial charge in [0.15, 0.2) is 0 Å². The Labute approximate surface area is 131 Å². The van der Waals surface area contributed by atoms with E-state index in [1.807, 2.05) is 66.5 Å². The first kappa shape index (κ1) is 16.0. The van der Waals surface area contributed by atoms with Crippen molar-refractivity contribution in [2.45, 2.75) is 12.5 Å². The molecule has 0 aliphatic heterocycles. The summed E-state index contributed by atoms with van der Waals surface area (Å²) in [5.41, 5.74) is 7.62. The number of carbonyl (C=O) groups excluding carboxylic acids is 1. The number of amides is 1. The van der Waals surface area contributed by atoms with Crippen molar-refractivity contribution in [3.05, 3.63) is 65.7 Å². The summed E-state index contributed by atoms with van der Waals surface area (Å²) in [6.07, 6.45) is 0.789. The van der Waals surface area contributed by atoms with Gasteiger partial charge in [-0.05, 0) is 30.7 Å². The maximum absolute atomic E-state index is 11.8. The largest absolute Gasteiger partial charge is 0.496 e. The van der Waals surface area contributed by atoms with Crippen molar-refractivity contribution in [3.8, 4) is 5.75 Å². The topological polar surface area (TPSA) is 55.6 Å². The molecule has 0 saturated heterocycles. The monoisotopic (exact) mass is 298 g/mol. The number of nitrogens with zero attached hydrogens (tertiary/aromatic N) is 1. The Morgan fingerprint density at radius 1 is 1.14 bits per heavy atom. The molecule has 2 aromatic carbocycles. The van der Waals surface area contributed by atoms with Gasteiger partial charge in [-0.15, -0.1) is 0 Å². The zero-order chi connectivity index (χ0) is 15.9. The molecule has 116 valence electrons. The number of primary amides is 1. The van der Waals surface area contributed by atoms with Gasteiger partial charge in [-0.3, -0.25) is 9.69 Å². The lowest BCUT2D eigenvalue weighted by atomic mass is 10.0. The molecule has 0 spiro atoms. The van der Waals surface area contributed by atoms with Crippen LogP contribution >= 0.6 is 0 Å². The molecule has 0 unspecified atom stereocenters. The van der Waals surface area contributed by atoms with E-state index in [9.17, 15) is 4.79 Å². The Bertz CT molecular complexity index is 613. The van der Waals surface area contributed by atoms with Gasteiger partial charge in [-0.1, -0.05) is 48.5 Å². The second-order valence-electron chi connectivity index (χ2n) is 5.26. The van der Waals surface area contributed by atoms with Crippen LogP contribution in [0.5, 0.6) is 5.75 Å². The molecule has 4 heteroatoms. The van der Waals surface area contributed by atoms with E-state index < -0.39 is 6.04 Å². The fourth-order valence-electron chi connectivity index (χ4n) is 2.61. The number of methoxy groups -OCH3 is 1. The summed E-state index contributed by atoms with van der Waals surface area (Å²) in [6, 6.07) is 17.1. The molecule has 0 heterocycles. The summed E-state index contributed by atoms with van der Waals surface area (Å²) in [7, 11) is 3.58. The SMILES string of the molecule is COc1ccccc1CCN(C)[C@@H](C(N)=O)c1ccccc1. The molecule has 2 N–H and O–H groups in total. The number of rotatable bonds is 7. The summed E-state index contributed by atoms with van der Waals surface area (Å²) in [5, 5.41) is 0. The molecular formula is C18H22N2O2. The Morgan fingerprint density at radius 2 is 1.77 bits per heavy atom. The van der Waals surface area contributed by atoms with Gasteiger partial charge in [0.1, 0.15) is 11.8 Å². The molecule has 0 fully saturated rings. The van der Waals surface area contributed by atoms with E-state index in [4.69, 9.17) is 10.5 Å². The number of ether oxygens (including phenoxy) is 1. The van der Waals surface area contributed by atoms with E-state index >= 15 is 0 Å². The summed E-state index contributed by atoms with van der Waals surface area (Å²) in [6.45, 7) is 0.711. The van der Waals surface area contributed by atoms with Crippen LogP contribution in [0.15, 0.2) is 54.6 Å². The van der Waals surface area contributed by atoms with Gasteiger partial charge in [0.25, 0.3) is 0 Å². The molecule has 0 bridgehead atoms. The zero-order valence-electron chi connectivity index (χ0n) is 13.0. The number of likely N-dealkylation sites (N-methyl/N-ethyl adjacent to an activating group) is 1. The normalized spacial score (nSPS) is 12.1. The van der Waals surface area contributed by atoms with Crippen molar-refractivity contribution < 1.29 is 9.53 Å². The average molecular weight is 298 g/mol. The van der Waals surface area contributed by atoms with E-state index in [2.05, 4.69) is 0 Å². The van der Waals surface area contributed by atoms with Gasteiger partial charge in [-0.2, -0.15) is 0 Å². The van der Waals surface area contributed by atoms with Crippen molar-refractivity contribution in [3.63, 3.8) is 0 Å². The lowest BCUT2D eigenvalue weighted by molar-refractivity contribution is -0.123. The van der Waals surface area contributed by atoms with Crippen LogP contribution in [-0.4, -0.2) is 31.5 Å². The van der Waals surface area contributed by atoms with Crippen molar-refractivity contribution in [1.82, 2.24) is 4.90 Å². The first-order valence-corrected chi connectivity index (χ1v) is 7.30. The fourth-order valence-corrected chi connectivity index (χ4v) is 2.61. The quantitative estimate of drug-likeness (QED) is 0.854. The van der Waals surface area contributed by atoms with Crippen LogP contribution in [0.2, 0.25) is 0 Å². The Kier molecular flexibility index (Phi) is 5.55. The van der Waals surface area contributed by atoms with Crippen molar-refractivity contribution >= 4 is 5.91 Å². The minimum Gasteiger partial charge on any atom is -0.496 e. The predicted molar refractivity (Wildman–Crippen MR) is 87.7 cm³/mol. The second kappa shape index (κ2) is 7.61. The van der Waals surface area contributed by atoms with Crippen molar-refractivity contribution in [2.24, 2.45) is 5.73 Å². The highest BCUT2D eigenvalue weighted by Crippen LogP contribution is 2.22. The Morgan fingerprint density at radius 3 is 2.41 bits per heavy atom. The predicted octanol–water partition coefficient (Wildman–Crippen LogP) is 2.40. The molecule has 0 saturated carbocycles. The van der Waals surface area contributed by atoms with Crippen molar-refractivity contribution in [2.75, 3.05) is 20.7 Å². The molecule has 22 heavy (non-hydrogen) atoms. The lowest BCUT2D eigenvalue weighted by Gasteiger charge is -2.26. The van der Waals surface area contributed by atoms with Crippen LogP contribution in [0, 0.1) is 0 Å². The highest BCUT2D eigenvalue weighted by molar-refractivity contribution is 5.81. The molecule has 1 atom stereocenters. The molecule has 0 radical (unpaired) electrons. The number of para-hydroxylation sites is 1. The van der Waals surface area contributed by atoms with Crippen molar-refractivity contribution in [1.29, 1.82) is 0 Å². The number of nitrogens with two attached hydrogens (primary N) is 1. The maximum atomic E-state index is 11.8. The lowest BCUT2D eigenvalue weighted by Crippen LogP contribution is -2.36. The van der Waals surface area contributed by atoms with Crippen LogP contribution < -0.4 is 10.5 Å². The number of benzene rings is 2. The molecule has 1 amide bonds. The third kappa shape index (κ3) is 3.86. The number of hydrogen-bond donors (Lipinski definition) is 1. The summed E-state index contributed by atoms with van der Waals surface area (Å²) < 4.78 is 5.36. The molecule has 0 aliphatic rings. The molecule has 2 rings (SSSR count). The summed E-state index contributed by atoms with van der Waals surface area (Å²) in [5.74, 6) is 0.528. The molecule has 2 aromatic rings. The van der Waals surface area contributed by atoms with Gasteiger partial charge in [-0.25, -0.2) is 0 Å². The summed E-state index contributed by atoms with van der Waals surface area (Å²) >= 11 is 0. The Hall–Kier alpha value is -2.33. The maximum Gasteiger partial charge on any atom is 0.239 e. The average Bonchev–Trinajstić information content (AvgIpc) is 2.54. The van der Waals surface area contributed by atoms with E-state index in [0.29, 0.717) is 6.54 Å². The Balaban J connectivity index is 2.09. The standard InChI is InChI=1S/C18H22N2O2/c1-20(13-12-14-8-6-7-11-16(14)22-2)17(18(19)21)15-9-4-3-5-10-15/h3-11,17H,12-13H2,1-2H3,(H2,19,21)/t17-/m1/s1. The first-order chi connectivity index (χ1) is 10.6. The van der Waals surface area contributed by atoms with E-state index in [1.54, 1.807) is 7.11 Å². The third-order valence-corrected chi connectivity index (χ3v) is 3.75. The van der Waals surface area contributed by atoms with Crippen LogP contribution in [0.3, 0.4) is 0 Å². The zero-order valence-corrected chi connectivity index (χ0v) is 13.0. The van der Waals surface area contributed by atoms with Gasteiger partial charge >= 0.3 is 0 Å². The highest BCUT2D eigenvalue weighted by atomic mass is 16.5. The second-order valence-corrected chi connectivity index (χ2v) is 5.26. The van der Waals surface area contributed by atoms with E-state index in [1.165, 1.54) is 0 Å². The van der Waals surface area contributed by atoms with Crippen LogP contribution in [0.25, 0.3) is 0 Å². The minimum absolute atomic E-state index is 0.339. The molecule has 0 aromatic heterocycles. The number of hydrogen-bond acceptors (Lipinski definition) is 3. The molecule has 0 aliphatic carbocycles. The first-order valence-electron chi connectivity index (χ1n) is 7.30. The van der Waals surface area contributed by atoms with Crippen LogP contribution in [-0.2, 0) is 11.2 Å². The summed E-state index contributed by atoms with van der Waals surface area (Å²) in [4.78, 5) is 13.8. The molecule has 4 nitrogen and oxygen atoms in total. The third-order valence-electron chi connectivity index (χ3n) is 3.75. The fraction of sp³-hybridized carbons (Fsp3) is 0.278.